The molecule has 0 radical (unpaired) electrons. The van der Waals surface area contributed by atoms with Gasteiger partial charge in [-0.25, -0.2) is 4.98 Å². The van der Waals surface area contributed by atoms with E-state index >= 15 is 0 Å². The van der Waals surface area contributed by atoms with E-state index in [1.54, 1.807) is 59.5 Å². The molecular formula is C21H14Cl2N6O. The molecule has 0 saturated carbocycles. The van der Waals surface area contributed by atoms with Crippen LogP contribution in [-0.4, -0.2) is 20.5 Å². The molecule has 9 heteroatoms. The average Bonchev–Trinajstić information content (AvgIpc) is 3.12. The number of benzene rings is 2. The first-order chi connectivity index (χ1) is 14.5. The van der Waals surface area contributed by atoms with E-state index < -0.39 is 0 Å². The maximum Gasteiger partial charge on any atom is 0.157 e. The summed E-state index contributed by atoms with van der Waals surface area (Å²) in [6, 6.07) is 13.7. The van der Waals surface area contributed by atoms with Crippen LogP contribution in [0.4, 0.5) is 5.82 Å². The van der Waals surface area contributed by atoms with E-state index in [1.807, 2.05) is 6.07 Å². The van der Waals surface area contributed by atoms with Gasteiger partial charge in [-0.05, 0) is 42.5 Å². The number of hydrogen-bond donors (Lipinski definition) is 2. The first-order valence-corrected chi connectivity index (χ1v) is 9.52. The number of nitriles is 1. The monoisotopic (exact) mass is 436 g/mol. The van der Waals surface area contributed by atoms with Gasteiger partial charge in [0.15, 0.2) is 5.75 Å². The van der Waals surface area contributed by atoms with Crippen LogP contribution in [0.15, 0.2) is 54.9 Å². The molecule has 7 nitrogen and oxygen atoms in total. The molecule has 0 aliphatic heterocycles. The van der Waals surface area contributed by atoms with Crippen molar-refractivity contribution in [2.75, 3.05) is 5.73 Å². The zero-order valence-corrected chi connectivity index (χ0v) is 16.9. The molecule has 0 bridgehead atoms. The van der Waals surface area contributed by atoms with Crippen LogP contribution in [0.5, 0.6) is 11.5 Å². The number of fused-ring (bicyclic) bond motifs is 1. The Labute approximate surface area is 181 Å². The van der Waals surface area contributed by atoms with Gasteiger partial charge >= 0.3 is 0 Å². The van der Waals surface area contributed by atoms with E-state index in [0.29, 0.717) is 43.9 Å². The molecule has 148 valence electrons. The van der Waals surface area contributed by atoms with Crippen molar-refractivity contribution in [3.05, 3.63) is 76.0 Å². The van der Waals surface area contributed by atoms with E-state index in [4.69, 9.17) is 44.3 Å². The van der Waals surface area contributed by atoms with Gasteiger partial charge in [-0.15, -0.1) is 0 Å². The predicted molar refractivity (Wildman–Crippen MR) is 116 cm³/mol. The predicted octanol–water partition coefficient (Wildman–Crippen LogP) is 5.05. The third-order valence-corrected chi connectivity index (χ3v) is 4.94. The number of halogens is 2. The van der Waals surface area contributed by atoms with Crippen molar-refractivity contribution in [3.63, 3.8) is 0 Å². The summed E-state index contributed by atoms with van der Waals surface area (Å²) in [5.74, 6) is 1.07. The molecule has 0 saturated heterocycles. The number of aromatic nitrogens is 3. The Balaban J connectivity index is 1.70. The van der Waals surface area contributed by atoms with Crippen molar-refractivity contribution in [1.29, 1.82) is 10.7 Å². The van der Waals surface area contributed by atoms with Gasteiger partial charge in [0.1, 0.15) is 11.6 Å². The third kappa shape index (κ3) is 3.79. The lowest BCUT2D eigenvalue weighted by molar-refractivity contribution is 0.488. The highest BCUT2D eigenvalue weighted by Crippen LogP contribution is 2.37. The summed E-state index contributed by atoms with van der Waals surface area (Å²) < 4.78 is 7.62. The van der Waals surface area contributed by atoms with Crippen molar-refractivity contribution in [1.82, 2.24) is 14.8 Å². The lowest BCUT2D eigenvalue weighted by Crippen LogP contribution is -2.14. The summed E-state index contributed by atoms with van der Waals surface area (Å²) >= 11 is 12.4. The first-order valence-electron chi connectivity index (χ1n) is 8.77. The number of pyridine rings is 1. The fraction of sp³-hybridized carbons (Fsp3) is 0.0476. The Morgan fingerprint density at radius 2 is 2.07 bits per heavy atom. The van der Waals surface area contributed by atoms with Gasteiger partial charge in [0.2, 0.25) is 0 Å². The average molecular weight is 437 g/mol. The zero-order valence-electron chi connectivity index (χ0n) is 15.4. The molecule has 4 rings (SSSR count). The van der Waals surface area contributed by atoms with Gasteiger partial charge in [-0.1, -0.05) is 23.2 Å². The number of nitrogen functional groups attached to an aromatic ring is 1. The molecule has 0 amide bonds. The van der Waals surface area contributed by atoms with Crippen LogP contribution in [0.3, 0.4) is 0 Å². The molecule has 2 aromatic heterocycles. The van der Waals surface area contributed by atoms with Crippen molar-refractivity contribution in [2.45, 2.75) is 6.54 Å². The number of nitrogens with zero attached hydrogens (tertiary/aromatic N) is 4. The molecule has 0 aliphatic rings. The standard InChI is InChI=1S/C21H14Cl2N6O/c22-13-6-12(9-24)7-14(8-13)30-20-16-10-28-29(19(16)4-3-17(20)23)11-18(25)15-2-1-5-27-21(15)26/h1-8,10,25H,11H2,(H2,26,27). The van der Waals surface area contributed by atoms with Crippen LogP contribution in [-0.2, 0) is 6.54 Å². The molecule has 2 aromatic carbocycles. The van der Waals surface area contributed by atoms with Gasteiger partial charge in [-0.2, -0.15) is 10.4 Å². The van der Waals surface area contributed by atoms with Crippen LogP contribution >= 0.6 is 23.2 Å². The van der Waals surface area contributed by atoms with Crippen molar-refractivity contribution in [3.8, 4) is 17.6 Å². The van der Waals surface area contributed by atoms with Gasteiger partial charge < -0.3 is 15.9 Å². The third-order valence-electron chi connectivity index (χ3n) is 4.42. The summed E-state index contributed by atoms with van der Waals surface area (Å²) in [6.07, 6.45) is 3.20. The normalized spacial score (nSPS) is 10.7. The molecule has 4 aromatic rings. The van der Waals surface area contributed by atoms with Crippen LogP contribution in [0.25, 0.3) is 10.9 Å². The zero-order chi connectivity index (χ0) is 21.3. The number of anilines is 1. The summed E-state index contributed by atoms with van der Waals surface area (Å²) in [4.78, 5) is 4.02. The van der Waals surface area contributed by atoms with Crippen molar-refractivity contribution in [2.24, 2.45) is 0 Å². The van der Waals surface area contributed by atoms with E-state index in [-0.39, 0.29) is 12.3 Å². The molecule has 30 heavy (non-hydrogen) atoms. The second-order valence-electron chi connectivity index (χ2n) is 6.42. The minimum absolute atomic E-state index is 0.191. The maximum absolute atomic E-state index is 9.14. The van der Waals surface area contributed by atoms with Crippen molar-refractivity contribution < 1.29 is 4.74 Å². The lowest BCUT2D eigenvalue weighted by Gasteiger charge is -2.11. The Morgan fingerprint density at radius 3 is 2.83 bits per heavy atom. The highest BCUT2D eigenvalue weighted by Gasteiger charge is 2.16. The molecule has 0 fully saturated rings. The van der Waals surface area contributed by atoms with Gasteiger partial charge in [0.05, 0.1) is 46.0 Å². The van der Waals surface area contributed by atoms with E-state index in [0.717, 1.165) is 5.52 Å². The van der Waals surface area contributed by atoms with Crippen LogP contribution in [0.2, 0.25) is 10.0 Å². The highest BCUT2D eigenvalue weighted by molar-refractivity contribution is 6.33. The Kier molecular flexibility index (Phi) is 5.27. The second-order valence-corrected chi connectivity index (χ2v) is 7.26. The number of ether oxygens (including phenoxy) is 1. The van der Waals surface area contributed by atoms with Gasteiger partial charge in [0, 0.05) is 16.8 Å². The lowest BCUT2D eigenvalue weighted by atomic mass is 10.1. The van der Waals surface area contributed by atoms with Crippen LogP contribution < -0.4 is 10.5 Å². The topological polar surface area (TPSA) is 114 Å². The molecule has 3 N–H and O–H groups in total. The number of nitrogens with two attached hydrogens (primary N) is 1. The molecule has 0 spiro atoms. The summed E-state index contributed by atoms with van der Waals surface area (Å²) in [5, 5.41) is 23.3. The van der Waals surface area contributed by atoms with Gasteiger partial charge in [0.25, 0.3) is 0 Å². The number of hydrogen-bond acceptors (Lipinski definition) is 6. The Morgan fingerprint density at radius 1 is 1.23 bits per heavy atom. The SMILES string of the molecule is N#Cc1cc(Cl)cc(Oc2c(Cl)ccc3c2cnn3CC(=N)c2cccnc2N)c1. The summed E-state index contributed by atoms with van der Waals surface area (Å²) in [7, 11) is 0. The molecule has 2 heterocycles. The Hall–Kier alpha value is -3.60. The number of nitrogens with one attached hydrogen (secondary N) is 1. The smallest absolute Gasteiger partial charge is 0.157 e. The maximum atomic E-state index is 9.14. The molecule has 0 atom stereocenters. The fourth-order valence-electron chi connectivity index (χ4n) is 3.04. The highest BCUT2D eigenvalue weighted by atomic mass is 35.5. The van der Waals surface area contributed by atoms with Crippen LogP contribution in [0.1, 0.15) is 11.1 Å². The quantitative estimate of drug-likeness (QED) is 0.424. The minimum atomic E-state index is 0.191. The van der Waals surface area contributed by atoms with Gasteiger partial charge in [-0.3, -0.25) is 4.68 Å². The second kappa shape index (κ2) is 8.03. The van der Waals surface area contributed by atoms with E-state index in [1.165, 1.54) is 0 Å². The van der Waals surface area contributed by atoms with E-state index in [2.05, 4.69) is 10.1 Å². The molecule has 0 aliphatic carbocycles. The van der Waals surface area contributed by atoms with Crippen molar-refractivity contribution >= 4 is 45.6 Å². The Bertz CT molecular complexity index is 1330. The molecular weight excluding hydrogens is 423 g/mol. The van der Waals surface area contributed by atoms with E-state index in [9.17, 15) is 0 Å². The summed E-state index contributed by atoms with van der Waals surface area (Å²) in [5.41, 5.74) is 7.80. The van der Waals surface area contributed by atoms with Crippen LogP contribution in [0, 0.1) is 16.7 Å². The fourth-order valence-corrected chi connectivity index (χ4v) is 3.47. The first kappa shape index (κ1) is 19.7. The largest absolute Gasteiger partial charge is 0.455 e. The molecule has 0 unspecified atom stereocenters. The number of rotatable bonds is 5. The minimum Gasteiger partial charge on any atom is -0.455 e. The summed E-state index contributed by atoms with van der Waals surface area (Å²) in [6.45, 7) is 0.191.